The lowest BCUT2D eigenvalue weighted by molar-refractivity contribution is 0.0436. The van der Waals surface area contributed by atoms with Gasteiger partial charge in [-0.25, -0.2) is 4.98 Å². The second-order valence-corrected chi connectivity index (χ2v) is 7.31. The van der Waals surface area contributed by atoms with Crippen molar-refractivity contribution in [2.75, 3.05) is 13.1 Å². The van der Waals surface area contributed by atoms with Crippen molar-refractivity contribution in [2.24, 2.45) is 5.92 Å². The summed E-state index contributed by atoms with van der Waals surface area (Å²) in [7, 11) is 0. The number of nitrogens with one attached hydrogen (secondary N) is 1. The Bertz CT molecular complexity index is 415. The van der Waals surface area contributed by atoms with Crippen LogP contribution in [0.25, 0.3) is 0 Å². The van der Waals surface area contributed by atoms with Crippen molar-refractivity contribution in [1.29, 1.82) is 0 Å². The van der Waals surface area contributed by atoms with Crippen molar-refractivity contribution in [3.8, 4) is 0 Å². The van der Waals surface area contributed by atoms with E-state index in [9.17, 15) is 0 Å². The van der Waals surface area contributed by atoms with Gasteiger partial charge in [0.05, 0.1) is 6.04 Å². The molecular formula is C15H25N3S. The molecule has 3 atom stereocenters. The van der Waals surface area contributed by atoms with Crippen LogP contribution in [0.1, 0.15) is 51.1 Å². The highest BCUT2D eigenvalue weighted by atomic mass is 32.1. The molecular weight excluding hydrogens is 254 g/mol. The van der Waals surface area contributed by atoms with E-state index in [1.165, 1.54) is 17.8 Å². The zero-order valence-corrected chi connectivity index (χ0v) is 13.0. The Morgan fingerprint density at radius 1 is 1.58 bits per heavy atom. The van der Waals surface area contributed by atoms with Crippen LogP contribution in [0, 0.1) is 5.92 Å². The molecule has 0 bridgehead atoms. The van der Waals surface area contributed by atoms with Crippen LogP contribution in [0.4, 0.5) is 0 Å². The summed E-state index contributed by atoms with van der Waals surface area (Å²) >= 11 is 1.80. The lowest BCUT2D eigenvalue weighted by atomic mass is 9.90. The first-order valence-corrected chi connectivity index (χ1v) is 8.42. The molecule has 1 N–H and O–H groups in total. The number of rotatable bonds is 4. The van der Waals surface area contributed by atoms with Crippen molar-refractivity contribution in [3.05, 3.63) is 16.6 Å². The van der Waals surface area contributed by atoms with Gasteiger partial charge < -0.3 is 5.32 Å². The summed E-state index contributed by atoms with van der Waals surface area (Å²) in [6, 6.07) is 1.09. The summed E-state index contributed by atoms with van der Waals surface area (Å²) in [6.07, 6.45) is 5.90. The summed E-state index contributed by atoms with van der Waals surface area (Å²) in [4.78, 5) is 7.25. The molecule has 1 aromatic rings. The second-order valence-electron chi connectivity index (χ2n) is 6.39. The van der Waals surface area contributed by atoms with E-state index in [2.05, 4.69) is 41.4 Å². The molecule has 1 saturated carbocycles. The monoisotopic (exact) mass is 279 g/mol. The molecule has 1 saturated heterocycles. The molecule has 3 nitrogen and oxygen atoms in total. The van der Waals surface area contributed by atoms with Gasteiger partial charge in [-0.2, -0.15) is 0 Å². The summed E-state index contributed by atoms with van der Waals surface area (Å²) < 4.78 is 0. The molecule has 0 amide bonds. The molecule has 3 unspecified atom stereocenters. The molecule has 1 aromatic heterocycles. The first-order chi connectivity index (χ1) is 9.14. The van der Waals surface area contributed by atoms with E-state index >= 15 is 0 Å². The zero-order valence-electron chi connectivity index (χ0n) is 12.2. The van der Waals surface area contributed by atoms with Crippen molar-refractivity contribution >= 4 is 11.3 Å². The molecule has 106 valence electrons. The highest BCUT2D eigenvalue weighted by Gasteiger charge is 2.46. The predicted octanol–water partition coefficient (Wildman–Crippen LogP) is 3.06. The van der Waals surface area contributed by atoms with Gasteiger partial charge in [0.1, 0.15) is 5.01 Å². The van der Waals surface area contributed by atoms with E-state index in [-0.39, 0.29) is 0 Å². The average Bonchev–Trinajstić information content (AvgIpc) is 3.14. The van der Waals surface area contributed by atoms with Gasteiger partial charge in [0.2, 0.25) is 0 Å². The predicted molar refractivity (Wildman–Crippen MR) is 80.4 cm³/mol. The van der Waals surface area contributed by atoms with Crippen LogP contribution in [0.15, 0.2) is 11.6 Å². The minimum Gasteiger partial charge on any atom is -0.308 e. The lowest BCUT2D eigenvalue weighted by Crippen LogP contribution is -2.63. The smallest absolute Gasteiger partial charge is 0.110 e. The van der Waals surface area contributed by atoms with E-state index < -0.39 is 0 Å². The first kappa shape index (κ1) is 13.5. The molecule has 19 heavy (non-hydrogen) atoms. The van der Waals surface area contributed by atoms with Crippen LogP contribution < -0.4 is 5.32 Å². The number of aromatic nitrogens is 1. The molecule has 2 aliphatic rings. The van der Waals surface area contributed by atoms with E-state index in [4.69, 9.17) is 0 Å². The Hall–Kier alpha value is -0.450. The van der Waals surface area contributed by atoms with Gasteiger partial charge in [0.15, 0.2) is 0 Å². The minimum atomic E-state index is 0.317. The number of hydrogen-bond acceptors (Lipinski definition) is 4. The third-order valence-electron chi connectivity index (χ3n) is 4.88. The molecule has 3 rings (SSSR count). The molecule has 2 heterocycles. The molecule has 0 spiro atoms. The quantitative estimate of drug-likeness (QED) is 0.918. The van der Waals surface area contributed by atoms with Crippen LogP contribution >= 0.6 is 11.3 Å². The van der Waals surface area contributed by atoms with Crippen molar-refractivity contribution in [2.45, 2.75) is 57.7 Å². The third kappa shape index (κ3) is 2.58. The van der Waals surface area contributed by atoms with E-state index in [0.717, 1.165) is 25.4 Å². The van der Waals surface area contributed by atoms with Gasteiger partial charge in [-0.3, -0.25) is 4.90 Å². The van der Waals surface area contributed by atoms with Crippen LogP contribution in [0.3, 0.4) is 0 Å². The summed E-state index contributed by atoms with van der Waals surface area (Å²) in [5.74, 6) is 0.885. The molecule has 0 aromatic carbocycles. The van der Waals surface area contributed by atoms with Crippen molar-refractivity contribution in [3.63, 3.8) is 0 Å². The maximum Gasteiger partial charge on any atom is 0.110 e. The molecule has 1 aliphatic heterocycles. The van der Waals surface area contributed by atoms with E-state index in [1.54, 1.807) is 11.3 Å². The third-order valence-corrected chi connectivity index (χ3v) is 5.76. The fourth-order valence-electron chi connectivity index (χ4n) is 3.45. The fraction of sp³-hybridized carbons (Fsp3) is 0.800. The zero-order chi connectivity index (χ0) is 13.5. The SMILES string of the molecule is CCC(c1nccs1)N1CC(C)(C2CC2)NCC1C. The standard InChI is InChI=1S/C15H25N3S/c1-4-13(14-16-7-8-19-14)18-10-15(3,12-5-6-12)17-9-11(18)2/h7-8,11-13,17H,4-6,9-10H2,1-3H3. The summed E-state index contributed by atoms with van der Waals surface area (Å²) in [6.45, 7) is 9.31. The number of nitrogens with zero attached hydrogens (tertiary/aromatic N) is 2. The maximum absolute atomic E-state index is 4.56. The van der Waals surface area contributed by atoms with Crippen LogP contribution in [-0.2, 0) is 0 Å². The van der Waals surface area contributed by atoms with Crippen LogP contribution in [-0.4, -0.2) is 34.6 Å². The average molecular weight is 279 g/mol. The number of thiazole rings is 1. The Morgan fingerprint density at radius 3 is 2.95 bits per heavy atom. The largest absolute Gasteiger partial charge is 0.308 e. The Balaban J connectivity index is 1.80. The summed E-state index contributed by atoms with van der Waals surface area (Å²) in [5.41, 5.74) is 0.317. The second kappa shape index (κ2) is 5.15. The molecule has 0 radical (unpaired) electrons. The molecule has 4 heteroatoms. The van der Waals surface area contributed by atoms with Gasteiger partial charge in [-0.15, -0.1) is 11.3 Å². The van der Waals surface area contributed by atoms with Crippen molar-refractivity contribution in [1.82, 2.24) is 15.2 Å². The number of piperazine rings is 1. The fourth-order valence-corrected chi connectivity index (χ4v) is 4.29. The van der Waals surface area contributed by atoms with Gasteiger partial charge in [-0.1, -0.05) is 6.92 Å². The lowest BCUT2D eigenvalue weighted by Gasteiger charge is -2.48. The molecule has 1 aliphatic carbocycles. The highest BCUT2D eigenvalue weighted by Crippen LogP contribution is 2.43. The van der Waals surface area contributed by atoms with Gasteiger partial charge in [0, 0.05) is 36.2 Å². The highest BCUT2D eigenvalue weighted by molar-refractivity contribution is 7.09. The maximum atomic E-state index is 4.56. The van der Waals surface area contributed by atoms with Crippen molar-refractivity contribution < 1.29 is 0 Å². The Kier molecular flexibility index (Phi) is 3.67. The Morgan fingerprint density at radius 2 is 2.37 bits per heavy atom. The first-order valence-electron chi connectivity index (χ1n) is 7.54. The molecule has 2 fully saturated rings. The topological polar surface area (TPSA) is 28.2 Å². The summed E-state index contributed by atoms with van der Waals surface area (Å²) in [5, 5.41) is 7.19. The van der Waals surface area contributed by atoms with Gasteiger partial charge >= 0.3 is 0 Å². The Labute approximate surface area is 120 Å². The van der Waals surface area contributed by atoms with Gasteiger partial charge in [-0.05, 0) is 39.0 Å². The van der Waals surface area contributed by atoms with Gasteiger partial charge in [0.25, 0.3) is 0 Å². The van der Waals surface area contributed by atoms with Crippen LogP contribution in [0.2, 0.25) is 0 Å². The number of hydrogen-bond donors (Lipinski definition) is 1. The normalized spacial score (nSPS) is 34.4. The van der Waals surface area contributed by atoms with E-state index in [0.29, 0.717) is 17.6 Å². The minimum absolute atomic E-state index is 0.317. The van der Waals surface area contributed by atoms with E-state index in [1.807, 2.05) is 6.20 Å². The van der Waals surface area contributed by atoms with Crippen LogP contribution in [0.5, 0.6) is 0 Å².